The number of hydrogen-bond donors (Lipinski definition) is 1. The van der Waals surface area contributed by atoms with Crippen molar-refractivity contribution < 1.29 is 13.6 Å². The zero-order valence-electron chi connectivity index (χ0n) is 15.9. The maximum atomic E-state index is 14.3. The van der Waals surface area contributed by atoms with Gasteiger partial charge in [0.2, 0.25) is 0 Å². The molecule has 0 bridgehead atoms. The minimum Gasteiger partial charge on any atom is -0.296 e. The zero-order valence-corrected chi connectivity index (χ0v) is 16.7. The van der Waals surface area contributed by atoms with Crippen LogP contribution >= 0.6 is 11.3 Å². The van der Waals surface area contributed by atoms with Crippen LogP contribution in [-0.4, -0.2) is 25.9 Å². The van der Waals surface area contributed by atoms with Crippen LogP contribution in [-0.2, 0) is 5.41 Å². The molecule has 0 atom stereocenters. The number of amides is 1. The Balaban J connectivity index is 1.74. The standard InChI is InChI=1S/C20H17F2N5OS/c1-20(2,3)17-16(25-26-27(17)14-7-5-4-6-12(14)22)18(28)24-19-23-13-9-8-11(21)10-15(13)29-19/h4-10H,1-3H3,(H,23,24,28). The van der Waals surface area contributed by atoms with Crippen molar-refractivity contribution in [2.45, 2.75) is 26.2 Å². The van der Waals surface area contributed by atoms with Gasteiger partial charge in [0.25, 0.3) is 5.91 Å². The molecule has 0 saturated heterocycles. The molecular formula is C20H17F2N5OS. The van der Waals surface area contributed by atoms with Crippen LogP contribution in [0.15, 0.2) is 42.5 Å². The van der Waals surface area contributed by atoms with Crippen LogP contribution < -0.4 is 5.32 Å². The molecular weight excluding hydrogens is 396 g/mol. The first-order valence-corrected chi connectivity index (χ1v) is 9.64. The third kappa shape index (κ3) is 3.61. The highest BCUT2D eigenvalue weighted by atomic mass is 32.1. The minimum atomic E-state index is -0.546. The quantitative estimate of drug-likeness (QED) is 0.528. The third-order valence-electron chi connectivity index (χ3n) is 4.25. The summed E-state index contributed by atoms with van der Waals surface area (Å²) in [7, 11) is 0. The summed E-state index contributed by atoms with van der Waals surface area (Å²) in [6.07, 6.45) is 0. The van der Waals surface area contributed by atoms with Gasteiger partial charge in [-0.05, 0) is 30.3 Å². The Morgan fingerprint density at radius 2 is 1.90 bits per heavy atom. The first-order valence-electron chi connectivity index (χ1n) is 8.82. The van der Waals surface area contributed by atoms with Gasteiger partial charge in [0.1, 0.15) is 17.3 Å². The minimum absolute atomic E-state index is 0.0752. The van der Waals surface area contributed by atoms with Gasteiger partial charge in [-0.2, -0.15) is 0 Å². The van der Waals surface area contributed by atoms with E-state index in [0.29, 0.717) is 21.0 Å². The second kappa shape index (κ2) is 7.00. The number of fused-ring (bicyclic) bond motifs is 1. The maximum Gasteiger partial charge on any atom is 0.279 e. The smallest absolute Gasteiger partial charge is 0.279 e. The van der Waals surface area contributed by atoms with E-state index in [1.165, 1.54) is 22.9 Å². The number of hydrogen-bond acceptors (Lipinski definition) is 5. The Bertz CT molecular complexity index is 1230. The van der Waals surface area contributed by atoms with Gasteiger partial charge in [-0.15, -0.1) is 5.10 Å². The van der Waals surface area contributed by atoms with Gasteiger partial charge >= 0.3 is 0 Å². The Kier molecular flexibility index (Phi) is 4.62. The molecule has 4 rings (SSSR count). The number of para-hydroxylation sites is 1. The lowest BCUT2D eigenvalue weighted by Crippen LogP contribution is -2.24. The van der Waals surface area contributed by atoms with Crippen molar-refractivity contribution in [2.24, 2.45) is 0 Å². The van der Waals surface area contributed by atoms with Crippen molar-refractivity contribution in [3.63, 3.8) is 0 Å². The number of benzene rings is 2. The second-order valence-corrected chi connectivity index (χ2v) is 8.52. The molecule has 0 fully saturated rings. The third-order valence-corrected chi connectivity index (χ3v) is 5.18. The monoisotopic (exact) mass is 413 g/mol. The van der Waals surface area contributed by atoms with Crippen molar-refractivity contribution in [3.8, 4) is 5.69 Å². The summed E-state index contributed by atoms with van der Waals surface area (Å²) in [6.45, 7) is 5.67. The molecule has 2 aromatic heterocycles. The van der Waals surface area contributed by atoms with E-state index in [1.807, 2.05) is 20.8 Å². The van der Waals surface area contributed by atoms with E-state index in [4.69, 9.17) is 0 Å². The molecule has 0 aliphatic heterocycles. The van der Waals surface area contributed by atoms with E-state index in [9.17, 15) is 13.6 Å². The molecule has 148 valence electrons. The Hall–Kier alpha value is -3.20. The van der Waals surface area contributed by atoms with E-state index < -0.39 is 17.1 Å². The van der Waals surface area contributed by atoms with Gasteiger partial charge in [0.05, 0.1) is 15.9 Å². The molecule has 0 unspecified atom stereocenters. The van der Waals surface area contributed by atoms with Gasteiger partial charge in [0.15, 0.2) is 10.8 Å². The Labute approximate surface area is 169 Å². The van der Waals surface area contributed by atoms with E-state index in [0.717, 1.165) is 11.3 Å². The normalized spacial score (nSPS) is 11.8. The summed E-state index contributed by atoms with van der Waals surface area (Å²) in [5, 5.41) is 11.1. The summed E-state index contributed by atoms with van der Waals surface area (Å²) in [5.74, 6) is -1.36. The molecule has 2 heterocycles. The van der Waals surface area contributed by atoms with Crippen LogP contribution in [0.4, 0.5) is 13.9 Å². The Morgan fingerprint density at radius 3 is 2.62 bits per heavy atom. The molecule has 1 amide bonds. The number of rotatable bonds is 3. The van der Waals surface area contributed by atoms with Gasteiger partial charge < -0.3 is 0 Å². The lowest BCUT2D eigenvalue weighted by atomic mass is 9.90. The number of halogens is 2. The van der Waals surface area contributed by atoms with Crippen LogP contribution in [0, 0.1) is 11.6 Å². The highest BCUT2D eigenvalue weighted by molar-refractivity contribution is 7.22. The van der Waals surface area contributed by atoms with Crippen molar-refractivity contribution >= 4 is 32.6 Å². The Morgan fingerprint density at radius 1 is 1.14 bits per heavy atom. The summed E-state index contributed by atoms with van der Waals surface area (Å²) in [6, 6.07) is 10.4. The van der Waals surface area contributed by atoms with Crippen LogP contribution in [0.1, 0.15) is 37.0 Å². The highest BCUT2D eigenvalue weighted by Gasteiger charge is 2.31. The van der Waals surface area contributed by atoms with Gasteiger partial charge in [-0.25, -0.2) is 18.4 Å². The molecule has 0 aliphatic carbocycles. The predicted molar refractivity (Wildman–Crippen MR) is 108 cm³/mol. The van der Waals surface area contributed by atoms with E-state index >= 15 is 0 Å². The fourth-order valence-corrected chi connectivity index (χ4v) is 3.89. The summed E-state index contributed by atoms with van der Waals surface area (Å²) >= 11 is 1.16. The van der Waals surface area contributed by atoms with Crippen molar-refractivity contribution in [2.75, 3.05) is 5.32 Å². The molecule has 9 heteroatoms. The predicted octanol–water partition coefficient (Wildman–Crippen LogP) is 4.71. The molecule has 0 spiro atoms. The molecule has 0 radical (unpaired) electrons. The summed E-state index contributed by atoms with van der Waals surface area (Å²) in [4.78, 5) is 17.2. The molecule has 2 aromatic carbocycles. The second-order valence-electron chi connectivity index (χ2n) is 7.49. The lowest BCUT2D eigenvalue weighted by molar-refractivity contribution is 0.102. The number of nitrogens with zero attached hydrogens (tertiary/aromatic N) is 4. The topological polar surface area (TPSA) is 72.7 Å². The number of thiazole rings is 1. The average Bonchev–Trinajstić information content (AvgIpc) is 3.25. The first kappa shape index (κ1) is 19.1. The summed E-state index contributed by atoms with van der Waals surface area (Å²) in [5.41, 5.74) is 0.783. The zero-order chi connectivity index (χ0) is 20.8. The van der Waals surface area contributed by atoms with Crippen LogP contribution in [0.2, 0.25) is 0 Å². The number of carbonyl (C=O) groups excluding carboxylic acids is 1. The number of anilines is 1. The molecule has 1 N–H and O–H groups in total. The number of aromatic nitrogens is 4. The van der Waals surface area contributed by atoms with E-state index in [2.05, 4.69) is 20.6 Å². The number of nitrogens with one attached hydrogen (secondary N) is 1. The van der Waals surface area contributed by atoms with Crippen molar-refractivity contribution in [3.05, 3.63) is 65.5 Å². The van der Waals surface area contributed by atoms with Gasteiger partial charge in [-0.1, -0.05) is 49.5 Å². The SMILES string of the molecule is CC(C)(C)c1c(C(=O)Nc2nc3ccc(F)cc3s2)nnn1-c1ccccc1F. The van der Waals surface area contributed by atoms with E-state index in [1.54, 1.807) is 24.3 Å². The molecule has 4 aromatic rings. The lowest BCUT2D eigenvalue weighted by Gasteiger charge is -2.21. The highest BCUT2D eigenvalue weighted by Crippen LogP contribution is 2.30. The largest absolute Gasteiger partial charge is 0.296 e. The van der Waals surface area contributed by atoms with Crippen molar-refractivity contribution in [1.82, 2.24) is 20.0 Å². The maximum absolute atomic E-state index is 14.3. The fraction of sp³-hybridized carbons (Fsp3) is 0.200. The number of carbonyl (C=O) groups is 1. The molecule has 0 aliphatic rings. The van der Waals surface area contributed by atoms with Crippen LogP contribution in [0.25, 0.3) is 15.9 Å². The van der Waals surface area contributed by atoms with Crippen LogP contribution in [0.5, 0.6) is 0 Å². The molecule has 6 nitrogen and oxygen atoms in total. The van der Waals surface area contributed by atoms with Gasteiger partial charge in [0, 0.05) is 5.41 Å². The molecule has 29 heavy (non-hydrogen) atoms. The van der Waals surface area contributed by atoms with Crippen LogP contribution in [0.3, 0.4) is 0 Å². The first-order chi connectivity index (χ1) is 13.7. The van der Waals surface area contributed by atoms with Gasteiger partial charge in [-0.3, -0.25) is 10.1 Å². The van der Waals surface area contributed by atoms with E-state index in [-0.39, 0.29) is 17.2 Å². The summed E-state index contributed by atoms with van der Waals surface area (Å²) < 4.78 is 29.7. The molecule has 0 saturated carbocycles. The average molecular weight is 413 g/mol. The fourth-order valence-electron chi connectivity index (χ4n) is 3.01. The van der Waals surface area contributed by atoms with Crippen molar-refractivity contribution in [1.29, 1.82) is 0 Å².